The number of allylic oxidation sites excluding steroid dienone is 4. The fourth-order valence-corrected chi connectivity index (χ4v) is 6.44. The Hall–Kier alpha value is -3.19. The normalized spacial score (nSPS) is 26.0. The number of hydrogen-bond acceptors (Lipinski definition) is 4. The largest absolute Gasteiger partial charge is 0.871 e. The standard InChI is InChI=1S/C29H34N4O2/c1-16(26-20(12-14-30)18-8-4-6-10-22(18)32-26)24-28(34)25(29(24)35)17(2)27-21(13-15-31)19-9-5-7-11-23(19)33(27)3/h4-11,20-21,26,32,34H,12-15,30-31H2,1-3H3/p+1/b24-16+,27-17-. The Balaban J connectivity index is 1.55. The number of carbonyl (C=O) groups is 1. The fraction of sp³-hybridized carbons (Fsp3) is 0.345. The molecule has 0 saturated carbocycles. The molecular formula is C29H35N4O2+. The van der Waals surface area contributed by atoms with Gasteiger partial charge < -0.3 is 26.8 Å². The number of carbonyl (C=O) groups excluding carboxylic acids is 1. The second kappa shape index (κ2) is 9.11. The lowest BCUT2D eigenvalue weighted by atomic mass is 9.76. The monoisotopic (exact) mass is 471 g/mol. The first-order valence-corrected chi connectivity index (χ1v) is 12.5. The van der Waals surface area contributed by atoms with E-state index in [2.05, 4.69) is 46.3 Å². The van der Waals surface area contributed by atoms with E-state index in [4.69, 9.17) is 5.73 Å². The molecule has 0 fully saturated rings. The van der Waals surface area contributed by atoms with Crippen molar-refractivity contribution in [2.45, 2.75) is 44.6 Å². The Morgan fingerprint density at radius 3 is 2.46 bits per heavy atom. The maximum atomic E-state index is 13.5. The van der Waals surface area contributed by atoms with Gasteiger partial charge in [-0.3, -0.25) is 4.79 Å². The third kappa shape index (κ3) is 3.56. The summed E-state index contributed by atoms with van der Waals surface area (Å²) in [6.07, 6.45) is 1.70. The van der Waals surface area contributed by atoms with Gasteiger partial charge in [-0.1, -0.05) is 42.2 Å². The van der Waals surface area contributed by atoms with Crippen LogP contribution < -0.4 is 26.8 Å². The van der Waals surface area contributed by atoms with Crippen LogP contribution in [0.2, 0.25) is 0 Å². The highest BCUT2D eigenvalue weighted by molar-refractivity contribution is 6.22. The minimum Gasteiger partial charge on any atom is -0.871 e. The van der Waals surface area contributed by atoms with Gasteiger partial charge in [-0.15, -0.1) is 0 Å². The van der Waals surface area contributed by atoms with Crippen molar-refractivity contribution in [3.8, 4) is 0 Å². The molecule has 6 nitrogen and oxygen atoms in total. The van der Waals surface area contributed by atoms with E-state index in [9.17, 15) is 9.90 Å². The van der Waals surface area contributed by atoms with E-state index in [1.807, 2.05) is 39.1 Å². The lowest BCUT2D eigenvalue weighted by molar-refractivity contribution is -0.595. The molecule has 5 rings (SSSR count). The van der Waals surface area contributed by atoms with Crippen LogP contribution in [0.1, 0.15) is 49.7 Å². The second-order valence-corrected chi connectivity index (χ2v) is 9.92. The van der Waals surface area contributed by atoms with Crippen molar-refractivity contribution in [2.75, 3.05) is 25.0 Å². The molecule has 0 radical (unpaired) electrons. The van der Waals surface area contributed by atoms with Crippen LogP contribution in [-0.4, -0.2) is 32.0 Å². The first-order chi connectivity index (χ1) is 16.9. The molecule has 2 heterocycles. The van der Waals surface area contributed by atoms with Gasteiger partial charge in [0.1, 0.15) is 11.7 Å². The first kappa shape index (κ1) is 23.5. The van der Waals surface area contributed by atoms with Crippen LogP contribution in [0.15, 0.2) is 82.3 Å². The number of ketones is 1. The quantitative estimate of drug-likeness (QED) is 0.436. The molecule has 3 unspecified atom stereocenters. The molecule has 182 valence electrons. The molecule has 35 heavy (non-hydrogen) atoms. The molecule has 3 aliphatic rings. The van der Waals surface area contributed by atoms with E-state index in [-0.39, 0.29) is 29.4 Å². The van der Waals surface area contributed by atoms with E-state index in [0.29, 0.717) is 17.7 Å². The van der Waals surface area contributed by atoms with Gasteiger partial charge in [0.2, 0.25) is 0 Å². The SMILES string of the molecule is C/C(C1=C([O-])/C(=C(/C)C2[NH2+]c3ccccc3C2CC[NH3+])C1=O)=C1\C(CCN)c2ccccc2N1C. The van der Waals surface area contributed by atoms with Crippen LogP contribution in [0.5, 0.6) is 0 Å². The summed E-state index contributed by atoms with van der Waals surface area (Å²) in [4.78, 5) is 15.7. The molecule has 0 saturated heterocycles. The number of likely N-dealkylation sites (N-methyl/N-ethyl adjacent to an activating group) is 1. The van der Waals surface area contributed by atoms with Crippen molar-refractivity contribution in [3.05, 3.63) is 93.4 Å². The van der Waals surface area contributed by atoms with Crippen molar-refractivity contribution in [1.82, 2.24) is 0 Å². The molecule has 0 bridgehead atoms. The topological polar surface area (TPSA) is 114 Å². The van der Waals surface area contributed by atoms with E-state index in [1.165, 1.54) is 16.8 Å². The third-order valence-corrected chi connectivity index (χ3v) is 8.09. The minimum atomic E-state index is -0.119. The summed E-state index contributed by atoms with van der Waals surface area (Å²) in [5.41, 5.74) is 18.2. The van der Waals surface area contributed by atoms with Crippen molar-refractivity contribution >= 4 is 17.2 Å². The number of nitrogens with two attached hydrogens (primary N) is 2. The van der Waals surface area contributed by atoms with E-state index >= 15 is 0 Å². The number of benzene rings is 2. The summed E-state index contributed by atoms with van der Waals surface area (Å²) < 4.78 is 0. The average molecular weight is 472 g/mol. The lowest BCUT2D eigenvalue weighted by Crippen LogP contribution is -2.83. The third-order valence-electron chi connectivity index (χ3n) is 8.09. The van der Waals surface area contributed by atoms with E-state index in [0.717, 1.165) is 41.9 Å². The molecule has 2 aromatic rings. The number of quaternary nitrogens is 2. The predicted octanol–water partition coefficient (Wildman–Crippen LogP) is 1.35. The Bertz CT molecular complexity index is 1290. The molecule has 7 N–H and O–H groups in total. The summed E-state index contributed by atoms with van der Waals surface area (Å²) in [6.45, 7) is 5.23. The lowest BCUT2D eigenvalue weighted by Gasteiger charge is -2.35. The highest BCUT2D eigenvalue weighted by atomic mass is 16.3. The molecule has 0 spiro atoms. The summed E-state index contributed by atoms with van der Waals surface area (Å²) in [6, 6.07) is 16.7. The molecule has 1 aliphatic carbocycles. The Labute approximate surface area is 207 Å². The van der Waals surface area contributed by atoms with Crippen molar-refractivity contribution in [2.24, 2.45) is 5.73 Å². The van der Waals surface area contributed by atoms with Crippen LogP contribution >= 0.6 is 0 Å². The van der Waals surface area contributed by atoms with Gasteiger partial charge in [0.25, 0.3) is 0 Å². The molecular weight excluding hydrogens is 436 g/mol. The average Bonchev–Trinajstić information content (AvgIpc) is 3.35. The molecule has 6 heteroatoms. The first-order valence-electron chi connectivity index (χ1n) is 12.5. The highest BCUT2D eigenvalue weighted by Gasteiger charge is 2.42. The minimum absolute atomic E-state index is 0.0509. The van der Waals surface area contributed by atoms with E-state index < -0.39 is 0 Å². The molecule has 3 atom stereocenters. The van der Waals surface area contributed by atoms with Gasteiger partial charge in [0, 0.05) is 47.5 Å². The summed E-state index contributed by atoms with van der Waals surface area (Å²) in [5, 5.41) is 15.8. The summed E-state index contributed by atoms with van der Waals surface area (Å²) >= 11 is 0. The zero-order valence-corrected chi connectivity index (χ0v) is 20.8. The van der Waals surface area contributed by atoms with Crippen LogP contribution in [0.3, 0.4) is 0 Å². The molecule has 0 aromatic heterocycles. The zero-order chi connectivity index (χ0) is 24.9. The number of nitrogens with zero attached hydrogens (tertiary/aromatic N) is 1. The Kier molecular flexibility index (Phi) is 6.13. The molecule has 0 amide bonds. The van der Waals surface area contributed by atoms with Crippen LogP contribution in [-0.2, 0) is 4.79 Å². The van der Waals surface area contributed by atoms with Crippen molar-refractivity contribution < 1.29 is 21.0 Å². The van der Waals surface area contributed by atoms with Crippen LogP contribution in [0.4, 0.5) is 11.4 Å². The maximum absolute atomic E-state index is 13.5. The number of fused-ring (bicyclic) bond motifs is 2. The van der Waals surface area contributed by atoms with Gasteiger partial charge in [-0.05, 0) is 55.7 Å². The van der Waals surface area contributed by atoms with E-state index in [1.54, 1.807) is 0 Å². The number of hydrogen-bond donors (Lipinski definition) is 3. The second-order valence-electron chi connectivity index (χ2n) is 9.92. The zero-order valence-electron chi connectivity index (χ0n) is 20.8. The summed E-state index contributed by atoms with van der Waals surface area (Å²) in [5.74, 6) is 0.101. The number of rotatable bonds is 6. The number of para-hydroxylation sites is 2. The van der Waals surface area contributed by atoms with Gasteiger partial charge in [0.15, 0.2) is 5.78 Å². The predicted molar refractivity (Wildman–Crippen MR) is 136 cm³/mol. The Morgan fingerprint density at radius 2 is 1.77 bits per heavy atom. The van der Waals surface area contributed by atoms with Crippen LogP contribution in [0, 0.1) is 0 Å². The van der Waals surface area contributed by atoms with Crippen LogP contribution in [0.25, 0.3) is 0 Å². The maximum Gasteiger partial charge on any atom is 0.192 e. The van der Waals surface area contributed by atoms with Gasteiger partial charge in [-0.2, -0.15) is 0 Å². The summed E-state index contributed by atoms with van der Waals surface area (Å²) in [7, 11) is 2.01. The van der Waals surface area contributed by atoms with Gasteiger partial charge in [-0.25, -0.2) is 0 Å². The smallest absolute Gasteiger partial charge is 0.192 e. The highest BCUT2D eigenvalue weighted by Crippen LogP contribution is 2.48. The number of Topliss-reactive ketones (excluding diaryl/α,β-unsaturated/α-hetero) is 1. The fourth-order valence-electron chi connectivity index (χ4n) is 6.44. The van der Waals surface area contributed by atoms with Gasteiger partial charge >= 0.3 is 0 Å². The Morgan fingerprint density at radius 1 is 1.09 bits per heavy atom. The molecule has 2 aliphatic heterocycles. The molecule has 2 aromatic carbocycles. The van der Waals surface area contributed by atoms with Crippen molar-refractivity contribution in [1.29, 1.82) is 0 Å². The van der Waals surface area contributed by atoms with Gasteiger partial charge in [0.05, 0.1) is 12.5 Å². The number of anilines is 1. The van der Waals surface area contributed by atoms with Crippen molar-refractivity contribution in [3.63, 3.8) is 0 Å².